The lowest BCUT2D eigenvalue weighted by Gasteiger charge is -2.11. The van der Waals surface area contributed by atoms with Gasteiger partial charge in [-0.2, -0.15) is 0 Å². The van der Waals surface area contributed by atoms with Crippen LogP contribution in [-0.4, -0.2) is 25.2 Å². The monoisotopic (exact) mass is 540 g/mol. The molecule has 4 heteroatoms. The molecule has 0 amide bonds. The van der Waals surface area contributed by atoms with Gasteiger partial charge in [0.25, 0.3) is 0 Å². The van der Waals surface area contributed by atoms with Gasteiger partial charge in [0, 0.05) is 0 Å². The highest BCUT2D eigenvalue weighted by molar-refractivity contribution is 5.91. The Balaban J connectivity index is 1.59. The molecule has 0 bridgehead atoms. The molecule has 0 aromatic heterocycles. The first-order valence-electron chi connectivity index (χ1n) is 14.9. The third-order valence-electron chi connectivity index (χ3n) is 7.12. The smallest absolute Gasteiger partial charge is 0.338 e. The van der Waals surface area contributed by atoms with Crippen LogP contribution in [-0.2, 0) is 9.47 Å². The summed E-state index contributed by atoms with van der Waals surface area (Å²) in [6, 6.07) is 21.3. The first-order chi connectivity index (χ1) is 19.6. The first-order valence-corrected chi connectivity index (χ1v) is 14.9. The summed E-state index contributed by atoms with van der Waals surface area (Å²) in [6.07, 6.45) is 13.1. The lowest BCUT2D eigenvalue weighted by atomic mass is 9.94. The van der Waals surface area contributed by atoms with E-state index in [1.807, 2.05) is 54.6 Å². The molecule has 0 atom stereocenters. The standard InChI is InChI=1S/C36H44O4/c1-4-7-9-11-13-25-39-35(37)31-19-15-29(16-20-31)33-23-24-34(28(6-3)27-33)30-17-21-32(22-18-30)36(38)40-26-14-12-10-8-5-2/h6,15-24,27H,3-5,7-14,25-26H2,1-2H3. The van der Waals surface area contributed by atoms with Crippen molar-refractivity contribution in [2.24, 2.45) is 0 Å². The summed E-state index contributed by atoms with van der Waals surface area (Å²) in [6.45, 7) is 9.32. The van der Waals surface area contributed by atoms with Crippen LogP contribution in [0.3, 0.4) is 0 Å². The molecule has 0 saturated heterocycles. The fourth-order valence-corrected chi connectivity index (χ4v) is 4.67. The van der Waals surface area contributed by atoms with Crippen LogP contribution in [0, 0.1) is 0 Å². The van der Waals surface area contributed by atoms with Crippen molar-refractivity contribution in [3.8, 4) is 22.3 Å². The Bertz CT molecular complexity index is 1210. The fourth-order valence-electron chi connectivity index (χ4n) is 4.67. The van der Waals surface area contributed by atoms with Crippen molar-refractivity contribution >= 4 is 18.0 Å². The Morgan fingerprint density at radius 2 is 1.05 bits per heavy atom. The number of ether oxygens (including phenoxy) is 2. The summed E-state index contributed by atoms with van der Waals surface area (Å²) >= 11 is 0. The third-order valence-corrected chi connectivity index (χ3v) is 7.12. The van der Waals surface area contributed by atoms with Gasteiger partial charge in [-0.25, -0.2) is 9.59 Å². The van der Waals surface area contributed by atoms with E-state index in [1.54, 1.807) is 0 Å². The van der Waals surface area contributed by atoms with E-state index in [9.17, 15) is 9.59 Å². The summed E-state index contributed by atoms with van der Waals surface area (Å²) in [5, 5.41) is 0. The van der Waals surface area contributed by atoms with Gasteiger partial charge < -0.3 is 9.47 Å². The van der Waals surface area contributed by atoms with Crippen molar-refractivity contribution in [1.29, 1.82) is 0 Å². The molecule has 0 N–H and O–H groups in total. The zero-order valence-electron chi connectivity index (χ0n) is 24.3. The average molecular weight is 541 g/mol. The molecule has 0 aliphatic heterocycles. The van der Waals surface area contributed by atoms with Crippen molar-refractivity contribution in [3.05, 3.63) is 90.0 Å². The Labute approximate surface area is 240 Å². The van der Waals surface area contributed by atoms with Gasteiger partial charge >= 0.3 is 11.9 Å². The van der Waals surface area contributed by atoms with Crippen molar-refractivity contribution < 1.29 is 19.1 Å². The van der Waals surface area contributed by atoms with Crippen LogP contribution in [0.4, 0.5) is 0 Å². The zero-order chi connectivity index (χ0) is 28.6. The summed E-state index contributed by atoms with van der Waals surface area (Å²) in [7, 11) is 0. The molecule has 0 radical (unpaired) electrons. The van der Waals surface area contributed by atoms with Gasteiger partial charge in [0.1, 0.15) is 0 Å². The van der Waals surface area contributed by atoms with Crippen LogP contribution in [0.15, 0.2) is 73.3 Å². The molecule has 40 heavy (non-hydrogen) atoms. The summed E-state index contributed by atoms with van der Waals surface area (Å²) in [4.78, 5) is 24.8. The molecule has 0 fully saturated rings. The summed E-state index contributed by atoms with van der Waals surface area (Å²) in [5.41, 5.74) is 6.20. The normalized spacial score (nSPS) is 10.8. The zero-order valence-corrected chi connectivity index (χ0v) is 24.3. The van der Waals surface area contributed by atoms with Gasteiger partial charge in [-0.05, 0) is 71.0 Å². The molecule has 0 unspecified atom stereocenters. The highest BCUT2D eigenvalue weighted by Crippen LogP contribution is 2.30. The maximum absolute atomic E-state index is 12.4. The van der Waals surface area contributed by atoms with E-state index in [4.69, 9.17) is 9.47 Å². The lowest BCUT2D eigenvalue weighted by Crippen LogP contribution is -2.06. The van der Waals surface area contributed by atoms with Crippen LogP contribution in [0.1, 0.15) is 104 Å². The average Bonchev–Trinajstić information content (AvgIpc) is 3.00. The first kappa shape index (κ1) is 30.9. The van der Waals surface area contributed by atoms with Crippen LogP contribution >= 0.6 is 0 Å². The van der Waals surface area contributed by atoms with E-state index in [2.05, 4.69) is 38.6 Å². The predicted octanol–water partition coefficient (Wildman–Crippen LogP) is 9.92. The molecule has 0 spiro atoms. The van der Waals surface area contributed by atoms with Gasteiger partial charge in [0.2, 0.25) is 0 Å². The summed E-state index contributed by atoms with van der Waals surface area (Å²) < 4.78 is 10.9. The molecule has 0 heterocycles. The second-order valence-corrected chi connectivity index (χ2v) is 10.3. The number of hydrogen-bond donors (Lipinski definition) is 0. The van der Waals surface area contributed by atoms with E-state index >= 15 is 0 Å². The molecule has 0 aliphatic carbocycles. The fraction of sp³-hybridized carbons (Fsp3) is 0.389. The van der Waals surface area contributed by atoms with Gasteiger partial charge in [-0.3, -0.25) is 0 Å². The van der Waals surface area contributed by atoms with Crippen LogP contribution in [0.25, 0.3) is 28.3 Å². The van der Waals surface area contributed by atoms with Crippen LogP contribution < -0.4 is 0 Å². The van der Waals surface area contributed by atoms with E-state index < -0.39 is 0 Å². The predicted molar refractivity (Wildman–Crippen MR) is 165 cm³/mol. The topological polar surface area (TPSA) is 52.6 Å². The number of benzene rings is 3. The van der Waals surface area contributed by atoms with Gasteiger partial charge in [-0.15, -0.1) is 0 Å². The minimum atomic E-state index is -0.277. The highest BCUT2D eigenvalue weighted by Gasteiger charge is 2.11. The second kappa shape index (κ2) is 17.1. The minimum Gasteiger partial charge on any atom is -0.462 e. The van der Waals surface area contributed by atoms with Crippen LogP contribution in [0.2, 0.25) is 0 Å². The lowest BCUT2D eigenvalue weighted by molar-refractivity contribution is 0.0488. The quantitative estimate of drug-likeness (QED) is 0.126. The number of unbranched alkanes of at least 4 members (excludes halogenated alkanes) is 8. The van der Waals surface area contributed by atoms with Crippen molar-refractivity contribution in [3.63, 3.8) is 0 Å². The Hall–Kier alpha value is -3.66. The van der Waals surface area contributed by atoms with Gasteiger partial charge in [0.05, 0.1) is 24.3 Å². The number of hydrogen-bond acceptors (Lipinski definition) is 4. The summed E-state index contributed by atoms with van der Waals surface area (Å²) in [5.74, 6) is -0.552. The van der Waals surface area contributed by atoms with E-state index in [0.29, 0.717) is 24.3 Å². The molecule has 3 rings (SSSR count). The number of carbonyl (C=O) groups is 2. The molecule has 212 valence electrons. The van der Waals surface area contributed by atoms with E-state index in [1.165, 1.54) is 38.5 Å². The largest absolute Gasteiger partial charge is 0.462 e. The Kier molecular flexibility index (Phi) is 13.2. The van der Waals surface area contributed by atoms with E-state index in [-0.39, 0.29) is 11.9 Å². The minimum absolute atomic E-state index is 0.275. The van der Waals surface area contributed by atoms with Crippen molar-refractivity contribution in [2.45, 2.75) is 78.1 Å². The SMILES string of the molecule is C=Cc1cc(-c2ccc(C(=O)OCCCCCCC)cc2)ccc1-c1ccc(C(=O)OCCCCCCC)cc1. The molecular weight excluding hydrogens is 496 g/mol. The molecule has 0 aliphatic rings. The number of carbonyl (C=O) groups excluding carboxylic acids is 2. The second-order valence-electron chi connectivity index (χ2n) is 10.3. The Morgan fingerprint density at radius 1 is 0.600 bits per heavy atom. The third kappa shape index (κ3) is 9.51. The molecule has 3 aromatic carbocycles. The van der Waals surface area contributed by atoms with Gasteiger partial charge in [0.15, 0.2) is 0 Å². The molecule has 3 aromatic rings. The maximum atomic E-state index is 12.4. The maximum Gasteiger partial charge on any atom is 0.338 e. The van der Waals surface area contributed by atoms with Gasteiger partial charge in [-0.1, -0.05) is 114 Å². The molecule has 4 nitrogen and oxygen atoms in total. The highest BCUT2D eigenvalue weighted by atomic mass is 16.5. The Morgan fingerprint density at radius 3 is 1.52 bits per heavy atom. The van der Waals surface area contributed by atoms with Crippen molar-refractivity contribution in [2.75, 3.05) is 13.2 Å². The molecular formula is C36H44O4. The number of esters is 2. The molecule has 0 saturated carbocycles. The van der Waals surface area contributed by atoms with Crippen LogP contribution in [0.5, 0.6) is 0 Å². The van der Waals surface area contributed by atoms with Crippen molar-refractivity contribution in [1.82, 2.24) is 0 Å². The van der Waals surface area contributed by atoms with E-state index in [0.717, 1.165) is 53.5 Å². The number of rotatable bonds is 17.